The van der Waals surface area contributed by atoms with Gasteiger partial charge in [0.1, 0.15) is 12.4 Å². The van der Waals surface area contributed by atoms with Crippen molar-refractivity contribution in [2.24, 2.45) is 12.0 Å². The van der Waals surface area contributed by atoms with Gasteiger partial charge < -0.3 is 24.7 Å². The fraction of sp³-hybridized carbons (Fsp3) is 0.579. The maximum Gasteiger partial charge on any atom is 0.191 e. The molecule has 0 saturated heterocycles. The van der Waals surface area contributed by atoms with Crippen LogP contribution in [0.3, 0.4) is 0 Å². The summed E-state index contributed by atoms with van der Waals surface area (Å²) in [6.45, 7) is 5.51. The number of rotatable bonds is 11. The van der Waals surface area contributed by atoms with Crippen molar-refractivity contribution < 1.29 is 9.15 Å². The molecule has 0 fully saturated rings. The minimum atomic E-state index is 0.186. The van der Waals surface area contributed by atoms with E-state index in [4.69, 9.17) is 14.1 Å². The maximum atomic E-state index is 5.60. The number of aromatic nitrogens is 2. The monoisotopic (exact) mass is 376 g/mol. The van der Waals surface area contributed by atoms with E-state index in [1.807, 2.05) is 36.3 Å². The number of aryl methyl sites for hydroxylation is 1. The van der Waals surface area contributed by atoms with E-state index in [-0.39, 0.29) is 6.04 Å². The van der Waals surface area contributed by atoms with Gasteiger partial charge in [0.2, 0.25) is 0 Å². The summed E-state index contributed by atoms with van der Waals surface area (Å²) in [5.74, 6) is 1.67. The Hall–Kier alpha value is -2.32. The van der Waals surface area contributed by atoms with Crippen LogP contribution in [-0.2, 0) is 18.4 Å². The number of furan rings is 1. The van der Waals surface area contributed by atoms with Crippen LogP contribution >= 0.6 is 0 Å². The van der Waals surface area contributed by atoms with E-state index in [1.165, 1.54) is 0 Å². The van der Waals surface area contributed by atoms with Crippen LogP contribution in [0, 0.1) is 0 Å². The molecule has 2 N–H and O–H groups in total. The summed E-state index contributed by atoms with van der Waals surface area (Å²) in [4.78, 5) is 6.90. The molecule has 1 atom stereocenters. The van der Waals surface area contributed by atoms with Crippen molar-refractivity contribution in [2.75, 3.05) is 40.3 Å². The highest BCUT2D eigenvalue weighted by Crippen LogP contribution is 2.17. The molecular weight excluding hydrogens is 344 g/mol. The summed E-state index contributed by atoms with van der Waals surface area (Å²) in [6, 6.07) is 3.97. The highest BCUT2D eigenvalue weighted by atomic mass is 16.5. The number of guanidine groups is 1. The number of hydrogen-bond acceptors (Lipinski definition) is 5. The highest BCUT2D eigenvalue weighted by molar-refractivity contribution is 5.79. The van der Waals surface area contributed by atoms with Gasteiger partial charge in [-0.05, 0) is 39.6 Å². The Kier molecular flexibility index (Phi) is 8.86. The molecule has 1 unspecified atom stereocenters. The maximum absolute atomic E-state index is 5.60. The Morgan fingerprint density at radius 2 is 2.26 bits per heavy atom. The average Bonchev–Trinajstić information content (AvgIpc) is 3.29. The molecule has 2 heterocycles. The zero-order valence-electron chi connectivity index (χ0n) is 16.8. The van der Waals surface area contributed by atoms with Gasteiger partial charge in [-0.25, -0.2) is 0 Å². The number of ether oxygens (including phenoxy) is 1. The van der Waals surface area contributed by atoms with Crippen molar-refractivity contribution in [3.8, 4) is 0 Å². The first-order chi connectivity index (χ1) is 13.1. The summed E-state index contributed by atoms with van der Waals surface area (Å²) in [5, 5.41) is 10.9. The molecule has 0 bridgehead atoms. The Morgan fingerprint density at radius 1 is 1.41 bits per heavy atom. The van der Waals surface area contributed by atoms with Gasteiger partial charge in [0, 0.05) is 38.5 Å². The van der Waals surface area contributed by atoms with Crippen LogP contribution < -0.4 is 10.6 Å². The smallest absolute Gasteiger partial charge is 0.191 e. The first kappa shape index (κ1) is 21.0. The van der Waals surface area contributed by atoms with E-state index in [2.05, 4.69) is 41.7 Å². The van der Waals surface area contributed by atoms with Crippen LogP contribution in [0.5, 0.6) is 0 Å². The topological polar surface area (TPSA) is 79.9 Å². The van der Waals surface area contributed by atoms with E-state index >= 15 is 0 Å². The van der Waals surface area contributed by atoms with Crippen molar-refractivity contribution in [3.63, 3.8) is 0 Å². The second-order valence-corrected chi connectivity index (χ2v) is 6.56. The van der Waals surface area contributed by atoms with Crippen LogP contribution in [0.1, 0.15) is 30.7 Å². The summed E-state index contributed by atoms with van der Waals surface area (Å²) in [5.41, 5.74) is 1.16. The van der Waals surface area contributed by atoms with E-state index in [0.29, 0.717) is 19.8 Å². The molecule has 0 amide bonds. The average molecular weight is 377 g/mol. The Balaban J connectivity index is 1.76. The molecule has 0 aromatic carbocycles. The molecule has 2 aromatic rings. The zero-order chi connectivity index (χ0) is 19.5. The molecule has 27 heavy (non-hydrogen) atoms. The zero-order valence-corrected chi connectivity index (χ0v) is 16.8. The van der Waals surface area contributed by atoms with Gasteiger partial charge in [0.25, 0.3) is 0 Å². The van der Waals surface area contributed by atoms with Gasteiger partial charge in [0.05, 0.1) is 25.0 Å². The van der Waals surface area contributed by atoms with Crippen LogP contribution in [0.2, 0.25) is 0 Å². The third-order valence-corrected chi connectivity index (χ3v) is 4.08. The van der Waals surface area contributed by atoms with Gasteiger partial charge in [-0.3, -0.25) is 9.67 Å². The normalized spacial score (nSPS) is 13.1. The third kappa shape index (κ3) is 7.44. The lowest BCUT2D eigenvalue weighted by Gasteiger charge is -2.22. The molecule has 150 valence electrons. The highest BCUT2D eigenvalue weighted by Gasteiger charge is 2.15. The minimum Gasteiger partial charge on any atom is -0.467 e. The van der Waals surface area contributed by atoms with Crippen molar-refractivity contribution in [3.05, 3.63) is 42.1 Å². The number of likely N-dealkylation sites (N-methyl/N-ethyl adjacent to an activating group) is 1. The quantitative estimate of drug-likeness (QED) is 0.354. The van der Waals surface area contributed by atoms with Crippen molar-refractivity contribution in [1.29, 1.82) is 0 Å². The summed E-state index contributed by atoms with van der Waals surface area (Å²) in [7, 11) is 6.05. The molecule has 0 aliphatic rings. The molecule has 0 spiro atoms. The van der Waals surface area contributed by atoms with Gasteiger partial charge in [-0.2, -0.15) is 5.10 Å². The summed E-state index contributed by atoms with van der Waals surface area (Å²) >= 11 is 0. The summed E-state index contributed by atoms with van der Waals surface area (Å²) in [6.07, 6.45) is 6.49. The van der Waals surface area contributed by atoms with Crippen molar-refractivity contribution in [2.45, 2.75) is 26.0 Å². The van der Waals surface area contributed by atoms with Crippen LogP contribution in [0.15, 0.2) is 40.2 Å². The number of nitrogens with zero attached hydrogens (tertiary/aromatic N) is 4. The van der Waals surface area contributed by atoms with E-state index in [1.54, 1.807) is 6.26 Å². The molecular formula is C19H32N6O2. The molecule has 0 aliphatic heterocycles. The molecule has 0 aliphatic carbocycles. The van der Waals surface area contributed by atoms with Gasteiger partial charge in [-0.1, -0.05) is 0 Å². The Morgan fingerprint density at radius 3 is 2.89 bits per heavy atom. The first-order valence-corrected chi connectivity index (χ1v) is 9.37. The standard InChI is InChI=1S/C19H32N6O2/c1-5-20-19(21-9-7-10-26-15-17-8-6-11-27-17)22-13-18(24(2)3)16-12-23-25(4)14-16/h6,8,11-12,14,18H,5,7,9-10,13,15H2,1-4H3,(H2,20,21,22). The largest absolute Gasteiger partial charge is 0.467 e. The van der Waals surface area contributed by atoms with Gasteiger partial charge in [0.15, 0.2) is 5.96 Å². The predicted molar refractivity (Wildman–Crippen MR) is 107 cm³/mol. The Labute approximate surface area is 161 Å². The number of nitrogens with one attached hydrogen (secondary N) is 2. The summed E-state index contributed by atoms with van der Waals surface area (Å²) < 4.78 is 12.7. The second-order valence-electron chi connectivity index (χ2n) is 6.56. The Bertz CT molecular complexity index is 666. The first-order valence-electron chi connectivity index (χ1n) is 9.37. The van der Waals surface area contributed by atoms with E-state index in [0.717, 1.165) is 36.8 Å². The van der Waals surface area contributed by atoms with Gasteiger partial charge >= 0.3 is 0 Å². The molecule has 2 aromatic heterocycles. The lowest BCUT2D eigenvalue weighted by Crippen LogP contribution is -2.38. The molecule has 0 saturated carbocycles. The van der Waals surface area contributed by atoms with Crippen LogP contribution in [0.25, 0.3) is 0 Å². The lowest BCUT2D eigenvalue weighted by atomic mass is 10.1. The van der Waals surface area contributed by atoms with E-state index < -0.39 is 0 Å². The van der Waals surface area contributed by atoms with Crippen molar-refractivity contribution in [1.82, 2.24) is 25.3 Å². The molecule has 0 radical (unpaired) electrons. The van der Waals surface area contributed by atoms with Gasteiger partial charge in [-0.15, -0.1) is 0 Å². The minimum absolute atomic E-state index is 0.186. The van der Waals surface area contributed by atoms with E-state index in [9.17, 15) is 0 Å². The second kappa shape index (κ2) is 11.4. The lowest BCUT2D eigenvalue weighted by molar-refractivity contribution is 0.105. The SMILES string of the molecule is CCNC(=NCC(c1cnn(C)c1)N(C)C)NCCCOCc1ccco1. The number of hydrogen-bond donors (Lipinski definition) is 2. The van der Waals surface area contributed by atoms with Crippen molar-refractivity contribution >= 4 is 5.96 Å². The third-order valence-electron chi connectivity index (χ3n) is 4.08. The fourth-order valence-corrected chi connectivity index (χ4v) is 2.65. The predicted octanol–water partition coefficient (Wildman–Crippen LogP) is 1.78. The molecule has 2 rings (SSSR count). The molecule has 8 nitrogen and oxygen atoms in total. The fourth-order valence-electron chi connectivity index (χ4n) is 2.65. The number of aliphatic imine (C=N–C) groups is 1. The van der Waals surface area contributed by atoms with Crippen LogP contribution in [-0.4, -0.2) is 61.0 Å². The molecule has 8 heteroatoms. The van der Waals surface area contributed by atoms with Crippen LogP contribution in [0.4, 0.5) is 0 Å².